The van der Waals surface area contributed by atoms with Crippen LogP contribution in [0.5, 0.6) is 5.75 Å². The van der Waals surface area contributed by atoms with E-state index in [-0.39, 0.29) is 6.79 Å². The first kappa shape index (κ1) is 15.1. The van der Waals surface area contributed by atoms with Crippen LogP contribution in [0.3, 0.4) is 0 Å². The van der Waals surface area contributed by atoms with E-state index >= 15 is 0 Å². The average molecular weight is 197 g/mol. The smallest absolute Gasteiger partial charge is 0.188 e. The molecule has 0 N–H and O–H groups in total. The summed E-state index contributed by atoms with van der Waals surface area (Å²) in [6.07, 6.45) is 3.33. The Morgan fingerprint density at radius 3 is 2.43 bits per heavy atom. The van der Waals surface area contributed by atoms with Gasteiger partial charge in [0.2, 0.25) is 0 Å². The summed E-state index contributed by atoms with van der Waals surface area (Å²) in [5, 5.41) is 0. The van der Waals surface area contributed by atoms with Crippen molar-refractivity contribution < 1.29 is 9.47 Å². The highest BCUT2D eigenvalue weighted by Crippen LogP contribution is 2.04. The third kappa shape index (κ3) is 8.74. The van der Waals surface area contributed by atoms with Crippen molar-refractivity contribution in [3.8, 4) is 5.75 Å². The maximum atomic E-state index is 5.07. The van der Waals surface area contributed by atoms with Gasteiger partial charge in [0.1, 0.15) is 5.75 Å². The van der Waals surface area contributed by atoms with Crippen LogP contribution >= 0.6 is 0 Å². The molecule has 14 heavy (non-hydrogen) atoms. The van der Waals surface area contributed by atoms with Gasteiger partial charge in [0, 0.05) is 13.3 Å². The van der Waals surface area contributed by atoms with E-state index in [2.05, 4.69) is 18.1 Å². The Morgan fingerprint density at radius 2 is 2.00 bits per heavy atom. The van der Waals surface area contributed by atoms with E-state index in [1.807, 2.05) is 26.0 Å². The van der Waals surface area contributed by atoms with Gasteiger partial charge >= 0.3 is 0 Å². The second kappa shape index (κ2) is 14.2. The number of hydrogen-bond donors (Lipinski definition) is 0. The molecule has 80 valence electrons. The third-order valence-electron chi connectivity index (χ3n) is 0.978. The van der Waals surface area contributed by atoms with Crippen molar-refractivity contribution in [1.82, 2.24) is 4.98 Å². The van der Waals surface area contributed by atoms with Gasteiger partial charge in [-0.05, 0) is 12.1 Å². The van der Waals surface area contributed by atoms with E-state index in [0.717, 1.165) is 5.75 Å². The Bertz CT molecular complexity index is 190. The Balaban J connectivity index is 0. The highest BCUT2D eigenvalue weighted by molar-refractivity contribution is 5.14. The van der Waals surface area contributed by atoms with Gasteiger partial charge in [-0.15, -0.1) is 13.2 Å². The number of nitrogens with zero attached hydrogens (tertiary/aromatic N) is 1. The molecule has 0 saturated heterocycles. The minimum Gasteiger partial charge on any atom is -0.466 e. The van der Waals surface area contributed by atoms with E-state index in [9.17, 15) is 0 Å². The molecule has 1 rings (SSSR count). The van der Waals surface area contributed by atoms with Crippen molar-refractivity contribution >= 4 is 0 Å². The first-order chi connectivity index (χ1) is 6.93. The van der Waals surface area contributed by atoms with E-state index in [0.29, 0.717) is 0 Å². The molecule has 3 nitrogen and oxygen atoms in total. The fraction of sp³-hybridized carbons (Fsp3) is 0.364. The molecule has 0 spiro atoms. The molecule has 0 saturated carbocycles. The molecule has 0 atom stereocenters. The molecular formula is C11H19NO2. The lowest BCUT2D eigenvalue weighted by Gasteiger charge is -2.01. The van der Waals surface area contributed by atoms with Crippen LogP contribution in [0.2, 0.25) is 0 Å². The standard InChI is InChI=1S/C7H9NO2.C2H6.C2H4/c1-9-6-10-7-3-2-4-8-5-7;2*1-2/h2-5H,6H2,1H3;1-2H3;1-2H2. The zero-order valence-corrected chi connectivity index (χ0v) is 9.19. The molecule has 0 bridgehead atoms. The largest absolute Gasteiger partial charge is 0.466 e. The highest BCUT2D eigenvalue weighted by atomic mass is 16.7. The summed E-state index contributed by atoms with van der Waals surface area (Å²) in [6.45, 7) is 10.3. The minimum absolute atomic E-state index is 0.270. The lowest BCUT2D eigenvalue weighted by atomic mass is 10.5. The average Bonchev–Trinajstić information content (AvgIpc) is 2.33. The van der Waals surface area contributed by atoms with Gasteiger partial charge in [-0.25, -0.2) is 0 Å². The van der Waals surface area contributed by atoms with Crippen LogP contribution in [-0.2, 0) is 4.74 Å². The number of aromatic nitrogens is 1. The molecule has 0 amide bonds. The molecule has 0 unspecified atom stereocenters. The van der Waals surface area contributed by atoms with Crippen LogP contribution in [0.4, 0.5) is 0 Å². The monoisotopic (exact) mass is 197 g/mol. The minimum atomic E-state index is 0.270. The number of pyridine rings is 1. The van der Waals surface area contributed by atoms with Gasteiger partial charge in [0.25, 0.3) is 0 Å². The number of hydrogen-bond acceptors (Lipinski definition) is 3. The van der Waals surface area contributed by atoms with E-state index < -0.39 is 0 Å². The zero-order chi connectivity index (χ0) is 11.2. The van der Waals surface area contributed by atoms with Crippen molar-refractivity contribution in [3.05, 3.63) is 37.7 Å². The summed E-state index contributed by atoms with van der Waals surface area (Å²) >= 11 is 0. The molecule has 0 fully saturated rings. The van der Waals surface area contributed by atoms with Gasteiger partial charge in [0.05, 0.1) is 6.20 Å². The highest BCUT2D eigenvalue weighted by Gasteiger charge is 1.87. The molecule has 0 aliphatic rings. The summed E-state index contributed by atoms with van der Waals surface area (Å²) in [5.74, 6) is 0.726. The summed E-state index contributed by atoms with van der Waals surface area (Å²) < 4.78 is 9.77. The Morgan fingerprint density at radius 1 is 1.36 bits per heavy atom. The molecule has 0 aliphatic carbocycles. The van der Waals surface area contributed by atoms with E-state index in [1.165, 1.54) is 0 Å². The Kier molecular flexibility index (Phi) is 15.3. The Labute approximate surface area is 86.4 Å². The van der Waals surface area contributed by atoms with Crippen LogP contribution in [-0.4, -0.2) is 18.9 Å². The normalized spacial score (nSPS) is 7.36. The topological polar surface area (TPSA) is 31.4 Å². The summed E-state index contributed by atoms with van der Waals surface area (Å²) in [4.78, 5) is 3.86. The molecule has 1 heterocycles. The molecule has 0 radical (unpaired) electrons. The van der Waals surface area contributed by atoms with Crippen LogP contribution in [0.15, 0.2) is 37.7 Å². The van der Waals surface area contributed by atoms with Gasteiger partial charge in [0.15, 0.2) is 6.79 Å². The van der Waals surface area contributed by atoms with Gasteiger partial charge in [-0.3, -0.25) is 4.98 Å². The lowest BCUT2D eigenvalue weighted by molar-refractivity contribution is 0.0508. The van der Waals surface area contributed by atoms with Crippen molar-refractivity contribution in [2.24, 2.45) is 0 Å². The molecule has 1 aromatic rings. The maximum absolute atomic E-state index is 5.07. The molecule has 0 aromatic carbocycles. The van der Waals surface area contributed by atoms with Gasteiger partial charge < -0.3 is 9.47 Å². The quantitative estimate of drug-likeness (QED) is 0.551. The van der Waals surface area contributed by atoms with Crippen molar-refractivity contribution in [3.63, 3.8) is 0 Å². The van der Waals surface area contributed by atoms with Crippen molar-refractivity contribution in [2.45, 2.75) is 13.8 Å². The first-order valence-electron chi connectivity index (χ1n) is 4.45. The van der Waals surface area contributed by atoms with Crippen LogP contribution < -0.4 is 4.74 Å². The van der Waals surface area contributed by atoms with E-state index in [4.69, 9.17) is 9.47 Å². The van der Waals surface area contributed by atoms with Gasteiger partial charge in [-0.2, -0.15) is 0 Å². The Hall–Kier alpha value is -1.35. The fourth-order valence-corrected chi connectivity index (χ4v) is 0.559. The van der Waals surface area contributed by atoms with Crippen LogP contribution in [0.1, 0.15) is 13.8 Å². The summed E-state index contributed by atoms with van der Waals surface area (Å²) in [6, 6.07) is 3.64. The first-order valence-corrected chi connectivity index (χ1v) is 4.45. The number of methoxy groups -OCH3 is 1. The predicted octanol–water partition coefficient (Wildman–Crippen LogP) is 2.89. The van der Waals surface area contributed by atoms with Crippen molar-refractivity contribution in [1.29, 1.82) is 0 Å². The van der Waals surface area contributed by atoms with Crippen molar-refractivity contribution in [2.75, 3.05) is 13.9 Å². The second-order valence-corrected chi connectivity index (χ2v) is 1.74. The number of rotatable bonds is 3. The summed E-state index contributed by atoms with van der Waals surface area (Å²) in [5.41, 5.74) is 0. The van der Waals surface area contributed by atoms with Crippen LogP contribution in [0, 0.1) is 0 Å². The molecular weight excluding hydrogens is 178 g/mol. The maximum Gasteiger partial charge on any atom is 0.188 e. The third-order valence-corrected chi connectivity index (χ3v) is 0.978. The van der Waals surface area contributed by atoms with E-state index in [1.54, 1.807) is 19.5 Å². The SMILES string of the molecule is C=C.CC.COCOc1cccnc1. The fourth-order valence-electron chi connectivity index (χ4n) is 0.559. The second-order valence-electron chi connectivity index (χ2n) is 1.74. The molecule has 1 aromatic heterocycles. The molecule has 3 heteroatoms. The van der Waals surface area contributed by atoms with Gasteiger partial charge in [-0.1, -0.05) is 13.8 Å². The zero-order valence-electron chi connectivity index (χ0n) is 9.19. The molecule has 0 aliphatic heterocycles. The number of ether oxygens (including phenoxy) is 2. The lowest BCUT2D eigenvalue weighted by Crippen LogP contribution is -1.98. The summed E-state index contributed by atoms with van der Waals surface area (Å²) in [7, 11) is 1.58. The van der Waals surface area contributed by atoms with Crippen LogP contribution in [0.25, 0.3) is 0 Å². The predicted molar refractivity (Wildman–Crippen MR) is 59.3 cm³/mol.